The van der Waals surface area contributed by atoms with E-state index in [0.717, 1.165) is 14.7 Å². The maximum atomic E-state index is 13.2. The summed E-state index contributed by atoms with van der Waals surface area (Å²) in [6.07, 6.45) is -2.87. The number of carbonyl (C=O) groups is 1. The van der Waals surface area contributed by atoms with Crippen molar-refractivity contribution in [1.82, 2.24) is 15.0 Å². The Kier molecular flexibility index (Phi) is 5.00. The molecule has 0 bridgehead atoms. The quantitative estimate of drug-likeness (QED) is 0.769. The summed E-state index contributed by atoms with van der Waals surface area (Å²) in [6, 6.07) is 7.16. The van der Waals surface area contributed by atoms with E-state index in [1.54, 1.807) is 25.1 Å². The third kappa shape index (κ3) is 3.44. The number of rotatable bonds is 5. The minimum atomic E-state index is -2.87. The van der Waals surface area contributed by atoms with Crippen molar-refractivity contribution in [3.8, 4) is 0 Å². The number of benzene rings is 1. The Balaban J connectivity index is 2.36. The molecule has 8 heteroatoms. The smallest absolute Gasteiger partial charge is 0.361 e. The Morgan fingerprint density at radius 2 is 2.14 bits per heavy atom. The highest BCUT2D eigenvalue weighted by molar-refractivity contribution is 9.10. The van der Waals surface area contributed by atoms with Crippen molar-refractivity contribution in [2.24, 2.45) is 0 Å². The first-order chi connectivity index (χ1) is 10.0. The first-order valence-electron chi connectivity index (χ1n) is 6.16. The fourth-order valence-electron chi connectivity index (χ4n) is 1.79. The Hall–Kier alpha value is -1.83. The third-order valence-electron chi connectivity index (χ3n) is 2.73. The monoisotopic (exact) mass is 359 g/mol. The van der Waals surface area contributed by atoms with Crippen LogP contribution in [0.2, 0.25) is 0 Å². The van der Waals surface area contributed by atoms with Gasteiger partial charge in [-0.2, -0.15) is 0 Å². The fraction of sp³-hybridized carbons (Fsp3) is 0.308. The fourth-order valence-corrected chi connectivity index (χ4v) is 2.20. The van der Waals surface area contributed by atoms with E-state index >= 15 is 0 Å². The van der Waals surface area contributed by atoms with Crippen molar-refractivity contribution in [3.63, 3.8) is 0 Å². The van der Waals surface area contributed by atoms with Crippen LogP contribution >= 0.6 is 15.9 Å². The van der Waals surface area contributed by atoms with Gasteiger partial charge in [0.2, 0.25) is 0 Å². The topological polar surface area (TPSA) is 57.0 Å². The maximum absolute atomic E-state index is 13.2. The lowest BCUT2D eigenvalue weighted by Crippen LogP contribution is -2.12. The van der Waals surface area contributed by atoms with E-state index in [1.807, 2.05) is 6.07 Å². The molecule has 2 rings (SSSR count). The van der Waals surface area contributed by atoms with E-state index in [-0.39, 0.29) is 13.2 Å². The first-order valence-corrected chi connectivity index (χ1v) is 6.96. The van der Waals surface area contributed by atoms with Gasteiger partial charge in [-0.3, -0.25) is 0 Å². The third-order valence-corrected chi connectivity index (χ3v) is 3.50. The molecular formula is C13H12BrF2N3O2. The largest absolute Gasteiger partial charge is 0.461 e. The Morgan fingerprint density at radius 1 is 1.43 bits per heavy atom. The zero-order valence-corrected chi connectivity index (χ0v) is 12.7. The molecule has 1 heterocycles. The van der Waals surface area contributed by atoms with Gasteiger partial charge in [-0.25, -0.2) is 18.3 Å². The van der Waals surface area contributed by atoms with Gasteiger partial charge < -0.3 is 4.74 Å². The molecule has 21 heavy (non-hydrogen) atoms. The van der Waals surface area contributed by atoms with Crippen LogP contribution in [0, 0.1) is 0 Å². The molecule has 5 nitrogen and oxygen atoms in total. The van der Waals surface area contributed by atoms with E-state index in [4.69, 9.17) is 4.74 Å². The van der Waals surface area contributed by atoms with Crippen LogP contribution in [-0.4, -0.2) is 27.6 Å². The number of halogens is 3. The van der Waals surface area contributed by atoms with Crippen LogP contribution in [0.25, 0.3) is 0 Å². The lowest BCUT2D eigenvalue weighted by Gasteiger charge is -2.08. The highest BCUT2D eigenvalue weighted by Crippen LogP contribution is 2.24. The average molecular weight is 360 g/mol. The normalized spacial score (nSPS) is 10.9. The van der Waals surface area contributed by atoms with Crippen LogP contribution in [0.15, 0.2) is 28.7 Å². The van der Waals surface area contributed by atoms with Crippen LogP contribution in [-0.2, 0) is 11.3 Å². The van der Waals surface area contributed by atoms with E-state index < -0.39 is 23.8 Å². The molecule has 1 aromatic heterocycles. The number of nitrogens with zero attached hydrogens (tertiary/aromatic N) is 3. The minimum Gasteiger partial charge on any atom is -0.461 e. The zero-order chi connectivity index (χ0) is 15.4. The Labute approximate surface area is 128 Å². The second kappa shape index (κ2) is 6.75. The molecule has 0 saturated carbocycles. The summed E-state index contributed by atoms with van der Waals surface area (Å²) in [5, 5.41) is 7.17. The molecular weight excluding hydrogens is 348 g/mol. The number of aromatic nitrogens is 3. The molecule has 1 aromatic carbocycles. The van der Waals surface area contributed by atoms with E-state index in [0.29, 0.717) is 0 Å². The summed E-state index contributed by atoms with van der Waals surface area (Å²) in [5.74, 6) is -0.897. The summed E-state index contributed by atoms with van der Waals surface area (Å²) in [6.45, 7) is 1.75. The van der Waals surface area contributed by atoms with Gasteiger partial charge in [0.15, 0.2) is 5.69 Å². The molecule has 0 aliphatic carbocycles. The highest BCUT2D eigenvalue weighted by atomic mass is 79.9. The number of hydrogen-bond donors (Lipinski definition) is 0. The van der Waals surface area contributed by atoms with E-state index in [9.17, 15) is 13.6 Å². The van der Waals surface area contributed by atoms with Gasteiger partial charge in [0.1, 0.15) is 5.69 Å². The standard InChI is InChI=1S/C13H12BrF2N3O2/c1-2-21-13(20)10-11(12(15)16)19(18-17-10)7-8-5-3-4-6-9(8)14/h3-6,12H,2,7H2,1H3. The molecule has 0 saturated heterocycles. The predicted octanol–water partition coefficient (Wildman–Crippen LogP) is 3.20. The molecule has 0 aliphatic rings. The van der Waals surface area contributed by atoms with Crippen LogP contribution in [0.5, 0.6) is 0 Å². The molecule has 0 amide bonds. The van der Waals surface area contributed by atoms with Crippen molar-refractivity contribution in [1.29, 1.82) is 0 Å². The van der Waals surface area contributed by atoms with Gasteiger partial charge in [0.05, 0.1) is 13.2 Å². The Morgan fingerprint density at radius 3 is 2.76 bits per heavy atom. The van der Waals surface area contributed by atoms with Gasteiger partial charge in [0, 0.05) is 4.47 Å². The summed E-state index contributed by atoms with van der Waals surface area (Å²) in [4.78, 5) is 11.6. The summed E-state index contributed by atoms with van der Waals surface area (Å²) in [7, 11) is 0. The number of carbonyl (C=O) groups excluding carboxylic acids is 1. The van der Waals surface area contributed by atoms with Crippen molar-refractivity contribution < 1.29 is 18.3 Å². The van der Waals surface area contributed by atoms with Crippen molar-refractivity contribution in [3.05, 3.63) is 45.7 Å². The number of hydrogen-bond acceptors (Lipinski definition) is 4. The molecule has 112 valence electrons. The maximum Gasteiger partial charge on any atom is 0.361 e. The van der Waals surface area contributed by atoms with E-state index in [2.05, 4.69) is 26.2 Å². The predicted molar refractivity (Wildman–Crippen MR) is 74.2 cm³/mol. The van der Waals surface area contributed by atoms with Crippen molar-refractivity contribution in [2.75, 3.05) is 6.61 Å². The van der Waals surface area contributed by atoms with Crippen molar-refractivity contribution >= 4 is 21.9 Å². The summed E-state index contributed by atoms with van der Waals surface area (Å²) in [5.41, 5.74) is -0.234. The van der Waals surface area contributed by atoms with Crippen LogP contribution in [0.4, 0.5) is 8.78 Å². The molecule has 0 spiro atoms. The van der Waals surface area contributed by atoms with Crippen molar-refractivity contribution in [2.45, 2.75) is 19.9 Å². The second-order valence-corrected chi connectivity index (χ2v) is 4.95. The molecule has 0 fully saturated rings. The molecule has 0 aliphatic heterocycles. The second-order valence-electron chi connectivity index (χ2n) is 4.09. The highest BCUT2D eigenvalue weighted by Gasteiger charge is 2.27. The first kappa shape index (κ1) is 15.6. The van der Waals surface area contributed by atoms with Gasteiger partial charge in [0.25, 0.3) is 6.43 Å². The Bertz CT molecular complexity index is 646. The number of alkyl halides is 2. The summed E-state index contributed by atoms with van der Waals surface area (Å²) >= 11 is 3.34. The average Bonchev–Trinajstić information content (AvgIpc) is 2.85. The lowest BCUT2D eigenvalue weighted by molar-refractivity contribution is 0.0506. The lowest BCUT2D eigenvalue weighted by atomic mass is 10.2. The molecule has 0 atom stereocenters. The zero-order valence-electron chi connectivity index (χ0n) is 11.1. The van der Waals surface area contributed by atoms with Gasteiger partial charge in [-0.05, 0) is 18.6 Å². The van der Waals surface area contributed by atoms with Crippen LogP contribution < -0.4 is 0 Å². The molecule has 0 unspecified atom stereocenters. The van der Waals surface area contributed by atoms with Gasteiger partial charge in [-0.15, -0.1) is 5.10 Å². The van der Waals surface area contributed by atoms with Crippen LogP contribution in [0.1, 0.15) is 35.1 Å². The van der Waals surface area contributed by atoms with Gasteiger partial charge in [-0.1, -0.05) is 39.3 Å². The minimum absolute atomic E-state index is 0.0769. The molecule has 0 radical (unpaired) electrons. The number of ether oxygens (including phenoxy) is 1. The molecule has 2 aromatic rings. The number of esters is 1. The molecule has 0 N–H and O–H groups in total. The summed E-state index contributed by atoms with van der Waals surface area (Å²) < 4.78 is 32.9. The van der Waals surface area contributed by atoms with E-state index in [1.165, 1.54) is 0 Å². The van der Waals surface area contributed by atoms with Gasteiger partial charge >= 0.3 is 5.97 Å². The SMILES string of the molecule is CCOC(=O)c1nnn(Cc2ccccc2Br)c1C(F)F. The van der Waals surface area contributed by atoms with Crippen LogP contribution in [0.3, 0.4) is 0 Å².